The molecule has 4 rings (SSSR count). The monoisotopic (exact) mass is 477 g/mol. The highest BCUT2D eigenvalue weighted by molar-refractivity contribution is 7.98. The van der Waals surface area contributed by atoms with Gasteiger partial charge in [0.15, 0.2) is 0 Å². The van der Waals surface area contributed by atoms with E-state index in [1.807, 2.05) is 90.6 Å². The van der Waals surface area contributed by atoms with Crippen LogP contribution in [-0.4, -0.2) is 22.6 Å². The summed E-state index contributed by atoms with van der Waals surface area (Å²) in [6.07, 6.45) is 3.59. The fraction of sp³-hybridized carbons (Fsp3) is 0.154. The zero-order valence-corrected chi connectivity index (χ0v) is 19.9. The highest BCUT2D eigenvalue weighted by Gasteiger charge is 2.22. The maximum atomic E-state index is 13.1. The SMILES string of the molecule is COc1cccc(C(NC(=O)c2ccc(CSc3ccc(Cl)cc3)cc2)c2nccn2C)c1. The minimum absolute atomic E-state index is 0.164. The molecule has 5 nitrogen and oxygen atoms in total. The number of ether oxygens (including phenoxy) is 1. The Morgan fingerprint density at radius 2 is 1.88 bits per heavy atom. The van der Waals surface area contributed by atoms with Crippen LogP contribution in [0.25, 0.3) is 0 Å². The molecule has 0 aliphatic carbocycles. The highest BCUT2D eigenvalue weighted by atomic mass is 35.5. The van der Waals surface area contributed by atoms with Gasteiger partial charge in [-0.2, -0.15) is 0 Å². The maximum Gasteiger partial charge on any atom is 0.252 e. The average molecular weight is 478 g/mol. The van der Waals surface area contributed by atoms with E-state index in [0.717, 1.165) is 38.4 Å². The highest BCUT2D eigenvalue weighted by Crippen LogP contribution is 2.26. The Morgan fingerprint density at radius 3 is 2.55 bits per heavy atom. The number of imidazole rings is 1. The first-order valence-corrected chi connectivity index (χ1v) is 11.8. The van der Waals surface area contributed by atoms with E-state index in [2.05, 4.69) is 10.3 Å². The van der Waals surface area contributed by atoms with E-state index in [9.17, 15) is 4.79 Å². The first-order chi connectivity index (χ1) is 16.0. The summed E-state index contributed by atoms with van der Waals surface area (Å²) in [4.78, 5) is 18.7. The van der Waals surface area contributed by atoms with Crippen molar-refractivity contribution in [3.8, 4) is 5.75 Å². The molecule has 0 saturated carbocycles. The van der Waals surface area contributed by atoms with Crippen molar-refractivity contribution in [1.29, 1.82) is 0 Å². The van der Waals surface area contributed by atoms with Crippen LogP contribution in [0.15, 0.2) is 90.1 Å². The summed E-state index contributed by atoms with van der Waals surface area (Å²) in [5.41, 5.74) is 2.63. The summed E-state index contributed by atoms with van der Waals surface area (Å²) in [7, 11) is 3.54. The second-order valence-electron chi connectivity index (χ2n) is 7.52. The third-order valence-electron chi connectivity index (χ3n) is 5.25. The molecule has 0 aliphatic heterocycles. The molecule has 1 heterocycles. The van der Waals surface area contributed by atoms with Gasteiger partial charge in [-0.1, -0.05) is 35.9 Å². The summed E-state index contributed by atoms with van der Waals surface area (Å²) >= 11 is 7.67. The predicted octanol–water partition coefficient (Wildman–Crippen LogP) is 5.89. The fourth-order valence-corrected chi connectivity index (χ4v) is 4.42. The largest absolute Gasteiger partial charge is 0.497 e. The van der Waals surface area contributed by atoms with Gasteiger partial charge in [-0.25, -0.2) is 4.98 Å². The number of nitrogens with zero attached hydrogens (tertiary/aromatic N) is 2. The minimum atomic E-state index is -0.410. The lowest BCUT2D eigenvalue weighted by Gasteiger charge is -2.20. The van der Waals surface area contributed by atoms with Gasteiger partial charge < -0.3 is 14.6 Å². The molecule has 0 fully saturated rings. The summed E-state index contributed by atoms with van der Waals surface area (Å²) in [6, 6.07) is 22.7. The van der Waals surface area contributed by atoms with Crippen LogP contribution >= 0.6 is 23.4 Å². The molecule has 0 spiro atoms. The third kappa shape index (κ3) is 5.78. The van der Waals surface area contributed by atoms with E-state index in [1.54, 1.807) is 25.1 Å². The molecule has 1 amide bonds. The van der Waals surface area contributed by atoms with Gasteiger partial charge in [0.2, 0.25) is 0 Å². The molecule has 4 aromatic rings. The summed E-state index contributed by atoms with van der Waals surface area (Å²) in [5.74, 6) is 2.11. The summed E-state index contributed by atoms with van der Waals surface area (Å²) < 4.78 is 7.27. The molecule has 1 unspecified atom stereocenters. The number of amides is 1. The van der Waals surface area contributed by atoms with Crippen LogP contribution in [-0.2, 0) is 12.8 Å². The van der Waals surface area contributed by atoms with Crippen LogP contribution in [0.3, 0.4) is 0 Å². The molecular weight excluding hydrogens is 454 g/mol. The number of carbonyl (C=O) groups excluding carboxylic acids is 1. The van der Waals surface area contributed by atoms with Gasteiger partial charge in [0.25, 0.3) is 5.91 Å². The number of nitrogens with one attached hydrogen (secondary N) is 1. The van der Waals surface area contributed by atoms with Gasteiger partial charge in [-0.15, -0.1) is 11.8 Å². The average Bonchev–Trinajstić information content (AvgIpc) is 3.27. The van der Waals surface area contributed by atoms with Crippen molar-refractivity contribution in [3.63, 3.8) is 0 Å². The summed E-state index contributed by atoms with van der Waals surface area (Å²) in [6.45, 7) is 0. The zero-order valence-electron chi connectivity index (χ0n) is 18.4. The molecule has 168 valence electrons. The number of aryl methyl sites for hydroxylation is 1. The Kier molecular flexibility index (Phi) is 7.37. The van der Waals surface area contributed by atoms with Crippen LogP contribution in [0.5, 0.6) is 5.75 Å². The standard InChI is InChI=1S/C26H24ClN3O2S/c1-30-15-14-28-25(30)24(20-4-3-5-22(16-20)32-2)29-26(31)19-8-6-18(7-9-19)17-33-23-12-10-21(27)11-13-23/h3-16,24H,17H2,1-2H3,(H,29,31). The number of thioether (sulfide) groups is 1. The van der Waals surface area contributed by atoms with Crippen LogP contribution in [0.1, 0.15) is 33.4 Å². The van der Waals surface area contributed by atoms with E-state index >= 15 is 0 Å². The molecule has 0 radical (unpaired) electrons. The van der Waals surface area contributed by atoms with Gasteiger partial charge in [0.1, 0.15) is 17.6 Å². The number of halogens is 1. The molecule has 3 aromatic carbocycles. The molecule has 0 bridgehead atoms. The van der Waals surface area contributed by atoms with Gasteiger partial charge in [-0.3, -0.25) is 4.79 Å². The molecule has 1 atom stereocenters. The van der Waals surface area contributed by atoms with Crippen molar-refractivity contribution in [2.75, 3.05) is 7.11 Å². The number of hydrogen-bond donors (Lipinski definition) is 1. The van der Waals surface area contributed by atoms with Crippen LogP contribution in [0.4, 0.5) is 0 Å². The van der Waals surface area contributed by atoms with Gasteiger partial charge in [0, 0.05) is 40.7 Å². The van der Waals surface area contributed by atoms with E-state index < -0.39 is 6.04 Å². The fourth-order valence-electron chi connectivity index (χ4n) is 3.44. The Hall–Kier alpha value is -3.22. The Balaban J connectivity index is 1.48. The van der Waals surface area contributed by atoms with Crippen LogP contribution < -0.4 is 10.1 Å². The van der Waals surface area contributed by atoms with Crippen LogP contribution in [0.2, 0.25) is 5.02 Å². The molecule has 1 aromatic heterocycles. The number of methoxy groups -OCH3 is 1. The Labute approximate surface area is 202 Å². The van der Waals surface area contributed by atoms with E-state index in [0.29, 0.717) is 5.56 Å². The van der Waals surface area contributed by atoms with Crippen molar-refractivity contribution in [1.82, 2.24) is 14.9 Å². The van der Waals surface area contributed by atoms with Crippen molar-refractivity contribution in [2.45, 2.75) is 16.7 Å². The quantitative estimate of drug-likeness (QED) is 0.321. The number of aromatic nitrogens is 2. The van der Waals surface area contributed by atoms with Gasteiger partial charge >= 0.3 is 0 Å². The predicted molar refractivity (Wildman–Crippen MR) is 133 cm³/mol. The smallest absolute Gasteiger partial charge is 0.252 e. The lowest BCUT2D eigenvalue weighted by Crippen LogP contribution is -2.31. The minimum Gasteiger partial charge on any atom is -0.497 e. The Morgan fingerprint density at radius 1 is 1.12 bits per heavy atom. The third-order valence-corrected chi connectivity index (χ3v) is 6.59. The number of benzene rings is 3. The topological polar surface area (TPSA) is 56.1 Å². The van der Waals surface area contributed by atoms with E-state index in [1.165, 1.54) is 0 Å². The first-order valence-electron chi connectivity index (χ1n) is 10.4. The molecule has 0 aliphatic rings. The lowest BCUT2D eigenvalue weighted by atomic mass is 10.0. The van der Waals surface area contributed by atoms with E-state index in [4.69, 9.17) is 16.3 Å². The van der Waals surface area contributed by atoms with Crippen LogP contribution in [0, 0.1) is 0 Å². The molecule has 0 saturated heterocycles. The van der Waals surface area contributed by atoms with Crippen molar-refractivity contribution >= 4 is 29.3 Å². The van der Waals surface area contributed by atoms with E-state index in [-0.39, 0.29) is 5.91 Å². The van der Waals surface area contributed by atoms with Gasteiger partial charge in [0.05, 0.1) is 7.11 Å². The Bertz CT molecular complexity index is 1220. The molecule has 33 heavy (non-hydrogen) atoms. The van der Waals surface area contributed by atoms with Crippen molar-refractivity contribution in [3.05, 3.63) is 113 Å². The van der Waals surface area contributed by atoms with Gasteiger partial charge in [-0.05, 0) is 59.7 Å². The van der Waals surface area contributed by atoms with Crippen molar-refractivity contribution < 1.29 is 9.53 Å². The maximum absolute atomic E-state index is 13.1. The number of carbonyl (C=O) groups is 1. The molecular formula is C26H24ClN3O2S. The van der Waals surface area contributed by atoms with Crippen molar-refractivity contribution in [2.24, 2.45) is 7.05 Å². The molecule has 7 heteroatoms. The second kappa shape index (κ2) is 10.6. The first kappa shape index (κ1) is 23.0. The summed E-state index contributed by atoms with van der Waals surface area (Å²) in [5, 5.41) is 3.86. The normalized spacial score (nSPS) is 11.7. The number of rotatable bonds is 8. The number of hydrogen-bond acceptors (Lipinski definition) is 4. The zero-order chi connectivity index (χ0) is 23.2. The lowest BCUT2D eigenvalue weighted by molar-refractivity contribution is 0.0941. The molecule has 1 N–H and O–H groups in total. The second-order valence-corrected chi connectivity index (χ2v) is 9.00.